The monoisotopic (exact) mass is 285 g/mol. The highest BCUT2D eigenvalue weighted by molar-refractivity contribution is 14.1. The van der Waals surface area contributed by atoms with Crippen LogP contribution in [0.15, 0.2) is 12.1 Å². The van der Waals surface area contributed by atoms with Crippen LogP contribution in [0.5, 0.6) is 0 Å². The van der Waals surface area contributed by atoms with E-state index in [1.807, 2.05) is 22.6 Å². The summed E-state index contributed by atoms with van der Waals surface area (Å²) in [5.41, 5.74) is 6.10. The van der Waals surface area contributed by atoms with Gasteiger partial charge in [-0.3, -0.25) is 0 Å². The van der Waals surface area contributed by atoms with Crippen LogP contribution >= 0.6 is 34.2 Å². The van der Waals surface area contributed by atoms with Crippen LogP contribution in [0.2, 0.25) is 5.02 Å². The van der Waals surface area contributed by atoms with E-state index in [1.54, 1.807) is 0 Å². The van der Waals surface area contributed by atoms with Gasteiger partial charge in [0.2, 0.25) is 0 Å². The van der Waals surface area contributed by atoms with Crippen LogP contribution in [0.25, 0.3) is 0 Å². The minimum absolute atomic E-state index is 0.315. The summed E-state index contributed by atoms with van der Waals surface area (Å²) in [4.78, 5) is 0. The SMILES string of the molecule is NCc1cc(F)cc(Cl)c1I. The van der Waals surface area contributed by atoms with Crippen LogP contribution in [0.1, 0.15) is 5.56 Å². The van der Waals surface area contributed by atoms with Gasteiger partial charge in [-0.2, -0.15) is 0 Å². The Labute approximate surface area is 82.9 Å². The molecular weight excluding hydrogens is 279 g/mol. The highest BCUT2D eigenvalue weighted by atomic mass is 127. The molecule has 0 spiro atoms. The second-order valence-electron chi connectivity index (χ2n) is 2.06. The highest BCUT2D eigenvalue weighted by Gasteiger charge is 2.04. The molecule has 0 aliphatic heterocycles. The van der Waals surface area contributed by atoms with Crippen LogP contribution in [0, 0.1) is 9.39 Å². The van der Waals surface area contributed by atoms with Crippen molar-refractivity contribution in [3.63, 3.8) is 0 Å². The lowest BCUT2D eigenvalue weighted by Gasteiger charge is -2.02. The van der Waals surface area contributed by atoms with Crippen molar-refractivity contribution in [1.82, 2.24) is 0 Å². The number of nitrogens with two attached hydrogens (primary N) is 1. The Balaban J connectivity index is 3.24. The standard InChI is InChI=1S/C7H6ClFIN/c8-6-2-5(9)1-4(3-11)7(6)10/h1-2H,3,11H2. The van der Waals surface area contributed by atoms with Crippen LogP contribution < -0.4 is 5.73 Å². The third-order valence-corrected chi connectivity index (χ3v) is 3.18. The quantitative estimate of drug-likeness (QED) is 0.623. The van der Waals surface area contributed by atoms with E-state index >= 15 is 0 Å². The molecule has 0 radical (unpaired) electrons. The third kappa shape index (κ3) is 2.04. The van der Waals surface area contributed by atoms with E-state index < -0.39 is 0 Å². The molecule has 2 N–H and O–H groups in total. The Morgan fingerprint density at radius 3 is 2.73 bits per heavy atom. The summed E-state index contributed by atoms with van der Waals surface area (Å²) in [6, 6.07) is 2.68. The molecule has 0 aromatic heterocycles. The molecule has 0 saturated carbocycles. The molecule has 0 atom stereocenters. The van der Waals surface area contributed by atoms with Gasteiger partial charge in [0.05, 0.1) is 5.02 Å². The largest absolute Gasteiger partial charge is 0.326 e. The summed E-state index contributed by atoms with van der Waals surface area (Å²) in [5, 5.41) is 0.422. The van der Waals surface area contributed by atoms with E-state index in [4.69, 9.17) is 17.3 Å². The first-order chi connectivity index (χ1) is 5.15. The number of halogens is 3. The van der Waals surface area contributed by atoms with Crippen LogP contribution in [-0.2, 0) is 6.54 Å². The van der Waals surface area contributed by atoms with Crippen molar-refractivity contribution in [3.8, 4) is 0 Å². The van der Waals surface area contributed by atoms with E-state index in [0.717, 1.165) is 9.13 Å². The maximum absolute atomic E-state index is 12.7. The normalized spacial score (nSPS) is 10.2. The zero-order chi connectivity index (χ0) is 8.43. The average molecular weight is 285 g/mol. The number of hydrogen-bond acceptors (Lipinski definition) is 1. The zero-order valence-corrected chi connectivity index (χ0v) is 8.49. The predicted molar refractivity (Wildman–Crippen MR) is 52.0 cm³/mol. The van der Waals surface area contributed by atoms with Crippen LogP contribution in [0.3, 0.4) is 0 Å². The molecule has 1 aromatic rings. The molecule has 1 rings (SSSR count). The zero-order valence-electron chi connectivity index (χ0n) is 5.57. The van der Waals surface area contributed by atoms with Crippen molar-refractivity contribution in [2.75, 3.05) is 0 Å². The maximum atomic E-state index is 12.7. The summed E-state index contributed by atoms with van der Waals surface area (Å²) in [7, 11) is 0. The van der Waals surface area contributed by atoms with E-state index in [-0.39, 0.29) is 5.82 Å². The maximum Gasteiger partial charge on any atom is 0.125 e. The summed E-state index contributed by atoms with van der Waals surface area (Å²) >= 11 is 7.74. The van der Waals surface area contributed by atoms with Gasteiger partial charge >= 0.3 is 0 Å². The van der Waals surface area contributed by atoms with E-state index in [9.17, 15) is 4.39 Å². The first kappa shape index (κ1) is 9.22. The molecule has 60 valence electrons. The van der Waals surface area contributed by atoms with Gasteiger partial charge in [0.1, 0.15) is 5.82 Å². The van der Waals surface area contributed by atoms with Crippen LogP contribution in [-0.4, -0.2) is 0 Å². The summed E-state index contributed by atoms with van der Waals surface area (Å²) in [6.07, 6.45) is 0. The minimum atomic E-state index is -0.337. The summed E-state index contributed by atoms with van der Waals surface area (Å²) in [5.74, 6) is -0.337. The van der Waals surface area contributed by atoms with Gasteiger partial charge in [0.25, 0.3) is 0 Å². The van der Waals surface area contributed by atoms with Gasteiger partial charge in [-0.25, -0.2) is 4.39 Å². The molecule has 0 aliphatic carbocycles. The molecule has 0 bridgehead atoms. The van der Waals surface area contributed by atoms with Gasteiger partial charge in [-0.15, -0.1) is 0 Å². The molecule has 0 fully saturated rings. The minimum Gasteiger partial charge on any atom is -0.326 e. The lowest BCUT2D eigenvalue weighted by molar-refractivity contribution is 0.625. The lowest BCUT2D eigenvalue weighted by Crippen LogP contribution is -2.00. The highest BCUT2D eigenvalue weighted by Crippen LogP contribution is 2.23. The predicted octanol–water partition coefficient (Wildman–Crippen LogP) is 2.54. The average Bonchev–Trinajstić information content (AvgIpc) is 1.96. The third-order valence-electron chi connectivity index (χ3n) is 1.29. The molecule has 0 heterocycles. The number of benzene rings is 1. The summed E-state index contributed by atoms with van der Waals surface area (Å²) in [6.45, 7) is 0.315. The molecule has 1 aromatic carbocycles. The summed E-state index contributed by atoms with van der Waals surface area (Å²) < 4.78 is 13.5. The second-order valence-corrected chi connectivity index (χ2v) is 3.55. The van der Waals surface area contributed by atoms with Gasteiger partial charge in [-0.1, -0.05) is 11.6 Å². The fourth-order valence-electron chi connectivity index (χ4n) is 0.758. The molecule has 0 saturated heterocycles. The van der Waals surface area contributed by atoms with Crippen molar-refractivity contribution in [2.24, 2.45) is 5.73 Å². The van der Waals surface area contributed by atoms with Gasteiger partial charge in [0.15, 0.2) is 0 Å². The first-order valence-electron chi connectivity index (χ1n) is 2.98. The Morgan fingerprint density at radius 2 is 2.18 bits per heavy atom. The van der Waals surface area contributed by atoms with Gasteiger partial charge in [0, 0.05) is 10.1 Å². The number of rotatable bonds is 1. The molecule has 11 heavy (non-hydrogen) atoms. The molecule has 0 unspecified atom stereocenters. The van der Waals surface area contributed by atoms with Crippen LogP contribution in [0.4, 0.5) is 4.39 Å². The fourth-order valence-corrected chi connectivity index (χ4v) is 1.52. The Morgan fingerprint density at radius 1 is 1.55 bits per heavy atom. The smallest absolute Gasteiger partial charge is 0.125 e. The number of hydrogen-bond donors (Lipinski definition) is 1. The fraction of sp³-hybridized carbons (Fsp3) is 0.143. The molecule has 4 heteroatoms. The van der Waals surface area contributed by atoms with E-state index in [0.29, 0.717) is 11.6 Å². The Kier molecular flexibility index (Phi) is 3.09. The van der Waals surface area contributed by atoms with Crippen molar-refractivity contribution in [2.45, 2.75) is 6.54 Å². The lowest BCUT2D eigenvalue weighted by atomic mass is 10.2. The second kappa shape index (κ2) is 3.69. The Hall–Kier alpha value is 0.130. The van der Waals surface area contributed by atoms with E-state index in [1.165, 1.54) is 12.1 Å². The van der Waals surface area contributed by atoms with Crippen molar-refractivity contribution >= 4 is 34.2 Å². The molecular formula is C7H6ClFIN. The molecule has 0 aliphatic rings. The van der Waals surface area contributed by atoms with Crippen molar-refractivity contribution < 1.29 is 4.39 Å². The van der Waals surface area contributed by atoms with Gasteiger partial charge < -0.3 is 5.73 Å². The van der Waals surface area contributed by atoms with E-state index in [2.05, 4.69) is 0 Å². The molecule has 0 amide bonds. The Bertz CT molecular complexity index is 277. The first-order valence-corrected chi connectivity index (χ1v) is 4.44. The van der Waals surface area contributed by atoms with Crippen molar-refractivity contribution in [1.29, 1.82) is 0 Å². The topological polar surface area (TPSA) is 26.0 Å². The van der Waals surface area contributed by atoms with Gasteiger partial charge in [-0.05, 0) is 40.3 Å². The molecule has 1 nitrogen and oxygen atoms in total. The van der Waals surface area contributed by atoms with Crippen molar-refractivity contribution in [3.05, 3.63) is 32.1 Å².